The maximum absolute atomic E-state index is 2.69. The minimum absolute atomic E-state index is 0.0580. The summed E-state index contributed by atoms with van der Waals surface area (Å²) in [5.74, 6) is 0.886. The summed E-state index contributed by atoms with van der Waals surface area (Å²) in [4.78, 5) is 0. The SMILES string of the molecule is CC(C)c1cc2c3c(c1)-c1cc(C(C)(C)C)c4cc5c6c(cc(C(C)(C)C)c7cc(c1c4c76)B3c1ccccc1-2)-c1cc(C(C)C)cc2c1B5c1ccccc1-2. The molecule has 12 rings (SSSR count). The molecule has 0 radical (unpaired) electrons. The molecule has 4 heterocycles. The lowest BCUT2D eigenvalue weighted by Gasteiger charge is -2.36. The van der Waals surface area contributed by atoms with Crippen molar-refractivity contribution in [3.63, 3.8) is 0 Å². The van der Waals surface area contributed by atoms with Gasteiger partial charge in [-0.05, 0) is 134 Å². The van der Waals surface area contributed by atoms with Crippen LogP contribution in [0.5, 0.6) is 0 Å². The predicted octanol–water partition coefficient (Wildman–Crippen LogP) is 10.4. The first-order valence-corrected chi connectivity index (χ1v) is 21.1. The van der Waals surface area contributed by atoms with Crippen molar-refractivity contribution < 1.29 is 0 Å². The van der Waals surface area contributed by atoms with Gasteiger partial charge in [0, 0.05) is 0 Å². The van der Waals surface area contributed by atoms with Crippen molar-refractivity contribution in [1.29, 1.82) is 0 Å². The van der Waals surface area contributed by atoms with E-state index in [0.29, 0.717) is 11.8 Å². The van der Waals surface area contributed by atoms with Crippen LogP contribution < -0.4 is 32.8 Å². The first-order chi connectivity index (χ1) is 26.7. The van der Waals surface area contributed by atoms with E-state index in [0.717, 1.165) is 0 Å². The lowest BCUT2D eigenvalue weighted by atomic mass is 9.34. The van der Waals surface area contributed by atoms with Crippen molar-refractivity contribution in [3.05, 3.63) is 119 Å². The van der Waals surface area contributed by atoms with Crippen molar-refractivity contribution in [3.8, 4) is 44.5 Å². The third kappa shape index (κ3) is 3.94. The molecule has 8 aromatic rings. The van der Waals surface area contributed by atoms with Crippen LogP contribution in [0.3, 0.4) is 0 Å². The molecule has 0 spiro atoms. The molecular weight excluding hydrogens is 670 g/mol. The van der Waals surface area contributed by atoms with Gasteiger partial charge in [-0.15, -0.1) is 0 Å². The summed E-state index contributed by atoms with van der Waals surface area (Å²) in [6, 6.07) is 39.5. The van der Waals surface area contributed by atoms with Crippen LogP contribution in [-0.4, -0.2) is 13.4 Å². The number of rotatable bonds is 2. The molecule has 0 N–H and O–H groups in total. The molecule has 0 aliphatic carbocycles. The minimum Gasteiger partial charge on any atom is -0.0664 e. The van der Waals surface area contributed by atoms with Gasteiger partial charge in [-0.1, -0.05) is 187 Å². The minimum atomic E-state index is -0.0580. The van der Waals surface area contributed by atoms with Gasteiger partial charge in [-0.3, -0.25) is 0 Å². The van der Waals surface area contributed by atoms with E-state index in [1.165, 1.54) is 132 Å². The second kappa shape index (κ2) is 10.5. The Kier molecular flexibility index (Phi) is 6.18. The fraction of sp³-hybridized carbons (Fsp3) is 0.259. The molecule has 270 valence electrons. The van der Waals surface area contributed by atoms with Gasteiger partial charge in [0.15, 0.2) is 0 Å². The second-order valence-corrected chi connectivity index (χ2v) is 20.4. The fourth-order valence-electron chi connectivity index (χ4n) is 11.9. The van der Waals surface area contributed by atoms with E-state index >= 15 is 0 Å². The van der Waals surface area contributed by atoms with Crippen LogP contribution in [0.2, 0.25) is 0 Å². The van der Waals surface area contributed by atoms with E-state index < -0.39 is 0 Å². The van der Waals surface area contributed by atoms with Crippen LogP contribution in [-0.2, 0) is 10.8 Å². The first-order valence-electron chi connectivity index (χ1n) is 21.1. The van der Waals surface area contributed by atoms with Crippen LogP contribution in [0.4, 0.5) is 0 Å². The van der Waals surface area contributed by atoms with Crippen molar-refractivity contribution in [1.82, 2.24) is 0 Å². The third-order valence-electron chi connectivity index (χ3n) is 14.4. The smallest absolute Gasteiger partial charge is 0.0664 e. The fourth-order valence-corrected chi connectivity index (χ4v) is 11.9. The zero-order valence-corrected chi connectivity index (χ0v) is 34.5. The summed E-state index contributed by atoms with van der Waals surface area (Å²) < 4.78 is 0. The Bertz CT molecular complexity index is 2890. The normalized spacial score (nSPS) is 14.5. The van der Waals surface area contributed by atoms with Gasteiger partial charge in [-0.25, -0.2) is 0 Å². The lowest BCUT2D eigenvalue weighted by molar-refractivity contribution is 0.595. The topological polar surface area (TPSA) is 0 Å². The van der Waals surface area contributed by atoms with E-state index in [2.05, 4.69) is 166 Å². The molecule has 8 aromatic carbocycles. The molecule has 2 heteroatoms. The zero-order valence-electron chi connectivity index (χ0n) is 34.5. The largest absolute Gasteiger partial charge is 0.244 e. The van der Waals surface area contributed by atoms with Gasteiger partial charge >= 0.3 is 0 Å². The maximum Gasteiger partial charge on any atom is 0.244 e. The molecule has 0 unspecified atom stereocenters. The Balaban J connectivity index is 1.35. The average molecular weight is 719 g/mol. The quantitative estimate of drug-likeness (QED) is 0.123. The predicted molar refractivity (Wildman–Crippen MR) is 247 cm³/mol. The summed E-state index contributed by atoms with van der Waals surface area (Å²) in [5.41, 5.74) is 26.1. The van der Waals surface area contributed by atoms with Crippen LogP contribution in [0.15, 0.2) is 97.1 Å². The summed E-state index contributed by atoms with van der Waals surface area (Å²) >= 11 is 0. The highest BCUT2D eigenvalue weighted by atomic mass is 14.4. The molecule has 0 bridgehead atoms. The van der Waals surface area contributed by atoms with Crippen molar-refractivity contribution in [2.24, 2.45) is 0 Å². The Morgan fingerprint density at radius 2 is 0.732 bits per heavy atom. The summed E-state index contributed by atoms with van der Waals surface area (Å²) in [6.45, 7) is 24.5. The Hall–Kier alpha value is -5.07. The van der Waals surface area contributed by atoms with Crippen molar-refractivity contribution >= 4 is 78.5 Å². The van der Waals surface area contributed by atoms with Gasteiger partial charge in [0.25, 0.3) is 0 Å². The highest BCUT2D eigenvalue weighted by molar-refractivity contribution is 7.03. The maximum atomic E-state index is 2.69. The van der Waals surface area contributed by atoms with Gasteiger partial charge in [0.2, 0.25) is 13.4 Å². The average Bonchev–Trinajstić information content (AvgIpc) is 3.68. The van der Waals surface area contributed by atoms with Crippen molar-refractivity contribution in [2.45, 2.75) is 91.9 Å². The van der Waals surface area contributed by atoms with Gasteiger partial charge in [0.05, 0.1) is 0 Å². The Morgan fingerprint density at radius 1 is 0.375 bits per heavy atom. The molecule has 0 saturated heterocycles. The van der Waals surface area contributed by atoms with E-state index in [1.54, 1.807) is 0 Å². The van der Waals surface area contributed by atoms with Crippen LogP contribution in [0, 0.1) is 0 Å². The monoisotopic (exact) mass is 718 g/mol. The molecule has 0 atom stereocenters. The molecule has 0 nitrogen and oxygen atoms in total. The standard InChI is InChI=1S/C54H48B2/c1-27(2)29-19-35-31-15-11-13-17-43(31)55-45-25-40-42(54(8,9)10)24-34-38-22-30(28(3)4)20-36-32-16-12-14-18-44(32)56(52(36)38)46-26-39-41(53(5,6)7)23-33(37(21-29)51(35)55)47(45)49(39)50(40)48(34)46/h11-28H,1-10H3. The molecule has 4 aliphatic heterocycles. The van der Waals surface area contributed by atoms with Crippen LogP contribution >= 0.6 is 0 Å². The van der Waals surface area contributed by atoms with Gasteiger partial charge < -0.3 is 0 Å². The number of hydrogen-bond acceptors (Lipinski definition) is 0. The third-order valence-corrected chi connectivity index (χ3v) is 14.4. The molecule has 56 heavy (non-hydrogen) atoms. The first kappa shape index (κ1) is 33.1. The second-order valence-electron chi connectivity index (χ2n) is 20.4. The van der Waals surface area contributed by atoms with E-state index in [-0.39, 0.29) is 24.3 Å². The summed E-state index contributed by atoms with van der Waals surface area (Å²) in [6.07, 6.45) is 0. The highest BCUT2D eigenvalue weighted by Gasteiger charge is 2.45. The van der Waals surface area contributed by atoms with Gasteiger partial charge in [-0.2, -0.15) is 0 Å². The molecule has 0 fully saturated rings. The number of fused-ring (bicyclic) bond motifs is 10. The van der Waals surface area contributed by atoms with Gasteiger partial charge in [0.1, 0.15) is 0 Å². The highest BCUT2D eigenvalue weighted by Crippen LogP contribution is 2.51. The van der Waals surface area contributed by atoms with E-state index in [1.807, 2.05) is 0 Å². The van der Waals surface area contributed by atoms with E-state index in [9.17, 15) is 0 Å². The van der Waals surface area contributed by atoms with Crippen molar-refractivity contribution in [2.75, 3.05) is 0 Å². The molecule has 0 saturated carbocycles. The summed E-state index contributed by atoms with van der Waals surface area (Å²) in [7, 11) is 0. The molecule has 0 aromatic heterocycles. The van der Waals surface area contributed by atoms with E-state index in [4.69, 9.17) is 0 Å². The molecule has 4 aliphatic rings. The number of hydrogen-bond donors (Lipinski definition) is 0. The molecular formula is C54H48B2. The Morgan fingerprint density at radius 3 is 1.09 bits per heavy atom. The molecule has 0 amide bonds. The zero-order chi connectivity index (χ0) is 38.5. The number of benzene rings is 8. The Labute approximate surface area is 332 Å². The summed E-state index contributed by atoms with van der Waals surface area (Å²) in [5, 5.41) is 8.86. The van der Waals surface area contributed by atoms with Crippen LogP contribution in [0.1, 0.15) is 103 Å². The van der Waals surface area contributed by atoms with Crippen LogP contribution in [0.25, 0.3) is 76.8 Å². The lowest BCUT2D eigenvalue weighted by Crippen LogP contribution is -2.53.